The zero-order valence-corrected chi connectivity index (χ0v) is 16.8. The van der Waals surface area contributed by atoms with Gasteiger partial charge in [0.1, 0.15) is 5.01 Å². The largest absolute Gasteiger partial charge is 0.309 e. The quantitative estimate of drug-likeness (QED) is 0.312. The molecule has 0 atom stereocenters. The van der Waals surface area contributed by atoms with Gasteiger partial charge in [0, 0.05) is 22.0 Å². The number of pyridine rings is 1. The molecule has 0 aliphatic carbocycles. The zero-order valence-electron chi connectivity index (χ0n) is 15.9. The Balaban J connectivity index is 1.57. The molecule has 0 N–H and O–H groups in total. The van der Waals surface area contributed by atoms with E-state index in [4.69, 9.17) is 4.98 Å². The van der Waals surface area contributed by atoms with E-state index in [1.54, 1.807) is 11.3 Å². The maximum absolute atomic E-state index is 13.0. The normalized spacial score (nSPS) is 11.5. The van der Waals surface area contributed by atoms with Gasteiger partial charge in [-0.25, -0.2) is 4.98 Å². The number of benzene rings is 4. The van der Waals surface area contributed by atoms with Crippen molar-refractivity contribution in [3.05, 3.63) is 107 Å². The fraction of sp³-hybridized carbons (Fsp3) is 0. The van der Waals surface area contributed by atoms with Crippen molar-refractivity contribution in [2.75, 3.05) is 0 Å². The van der Waals surface area contributed by atoms with Crippen molar-refractivity contribution in [2.24, 2.45) is 0 Å². The highest BCUT2D eigenvalue weighted by atomic mass is 32.1. The van der Waals surface area contributed by atoms with Gasteiger partial charge < -0.3 is 4.57 Å². The highest BCUT2D eigenvalue weighted by molar-refractivity contribution is 7.21. The lowest BCUT2D eigenvalue weighted by Crippen LogP contribution is -2.10. The molecule has 0 unspecified atom stereocenters. The highest BCUT2D eigenvalue weighted by Gasteiger charge is 2.12. The van der Waals surface area contributed by atoms with Crippen molar-refractivity contribution in [1.82, 2.24) is 9.55 Å². The lowest BCUT2D eigenvalue weighted by atomic mass is 10.1. The summed E-state index contributed by atoms with van der Waals surface area (Å²) in [5.74, 6) is 0. The Labute approximate surface area is 176 Å². The summed E-state index contributed by atoms with van der Waals surface area (Å²) in [4.78, 5) is 17.7. The van der Waals surface area contributed by atoms with Crippen LogP contribution in [0.15, 0.2) is 102 Å². The van der Waals surface area contributed by atoms with Crippen LogP contribution in [0, 0.1) is 0 Å². The Kier molecular flexibility index (Phi) is 3.79. The lowest BCUT2D eigenvalue weighted by Gasteiger charge is -2.15. The minimum Gasteiger partial charge on any atom is -0.309 e. The van der Waals surface area contributed by atoms with Gasteiger partial charge in [-0.1, -0.05) is 36.4 Å². The fourth-order valence-corrected chi connectivity index (χ4v) is 4.99. The van der Waals surface area contributed by atoms with Crippen molar-refractivity contribution < 1.29 is 0 Å². The molecule has 142 valence electrons. The molecular weight excluding hydrogens is 388 g/mol. The third kappa shape index (κ3) is 2.58. The first-order valence-corrected chi connectivity index (χ1v) is 10.6. The van der Waals surface area contributed by atoms with E-state index in [0.29, 0.717) is 0 Å². The third-order valence-corrected chi connectivity index (χ3v) is 6.53. The summed E-state index contributed by atoms with van der Waals surface area (Å²) in [7, 11) is 0. The van der Waals surface area contributed by atoms with Crippen LogP contribution >= 0.6 is 11.3 Å². The standard InChI is InChI=1S/C26H16N2OS/c29-25-19-7-1-4-10-22(19)28(23-11-5-2-8-20(23)25)18-15-13-17(14-16-18)26-27-21-9-3-6-12-24(21)30-26/h1-16H. The Bertz CT molecular complexity index is 1520. The average molecular weight is 404 g/mol. The molecule has 30 heavy (non-hydrogen) atoms. The summed E-state index contributed by atoms with van der Waals surface area (Å²) in [5, 5.41) is 2.47. The Morgan fingerprint density at radius 3 is 1.93 bits per heavy atom. The second kappa shape index (κ2) is 6.65. The van der Waals surface area contributed by atoms with Gasteiger partial charge in [-0.2, -0.15) is 0 Å². The number of thiazole rings is 1. The summed E-state index contributed by atoms with van der Waals surface area (Å²) >= 11 is 1.70. The van der Waals surface area contributed by atoms with Crippen molar-refractivity contribution in [3.8, 4) is 16.3 Å². The molecule has 0 fully saturated rings. The molecule has 2 heterocycles. The van der Waals surface area contributed by atoms with E-state index in [9.17, 15) is 4.79 Å². The SMILES string of the molecule is O=c1c2ccccc2n(-c2ccc(-c3nc4ccccc4s3)cc2)c2ccccc12. The van der Waals surface area contributed by atoms with E-state index in [1.165, 1.54) is 4.70 Å². The number of nitrogens with zero attached hydrogens (tertiary/aromatic N) is 2. The van der Waals surface area contributed by atoms with E-state index in [0.717, 1.165) is 43.6 Å². The van der Waals surface area contributed by atoms with Crippen LogP contribution in [-0.4, -0.2) is 9.55 Å². The number of aromatic nitrogens is 2. The summed E-state index contributed by atoms with van der Waals surface area (Å²) in [6.45, 7) is 0. The molecule has 0 aliphatic rings. The smallest absolute Gasteiger partial charge is 0.197 e. The summed E-state index contributed by atoms with van der Waals surface area (Å²) < 4.78 is 3.35. The number of hydrogen-bond donors (Lipinski definition) is 0. The minimum absolute atomic E-state index is 0.0727. The van der Waals surface area contributed by atoms with E-state index < -0.39 is 0 Å². The van der Waals surface area contributed by atoms with Gasteiger partial charge >= 0.3 is 0 Å². The maximum atomic E-state index is 13.0. The average Bonchev–Trinajstić information content (AvgIpc) is 3.24. The van der Waals surface area contributed by atoms with Crippen LogP contribution in [0.3, 0.4) is 0 Å². The highest BCUT2D eigenvalue weighted by Crippen LogP contribution is 2.31. The number of hydrogen-bond acceptors (Lipinski definition) is 3. The molecule has 0 saturated carbocycles. The van der Waals surface area contributed by atoms with Crippen molar-refractivity contribution in [3.63, 3.8) is 0 Å². The summed E-state index contributed by atoms with van der Waals surface area (Å²) in [5.41, 5.74) is 5.03. The topological polar surface area (TPSA) is 34.9 Å². The first-order valence-electron chi connectivity index (χ1n) is 9.78. The van der Waals surface area contributed by atoms with Crippen molar-refractivity contribution >= 4 is 43.4 Å². The lowest BCUT2D eigenvalue weighted by molar-refractivity contribution is 1.16. The van der Waals surface area contributed by atoms with E-state index in [1.807, 2.05) is 66.7 Å². The van der Waals surface area contributed by atoms with Gasteiger partial charge in [0.2, 0.25) is 0 Å². The molecule has 0 bridgehead atoms. The molecule has 6 aromatic rings. The zero-order chi connectivity index (χ0) is 20.1. The molecule has 4 heteroatoms. The van der Waals surface area contributed by atoms with Crippen LogP contribution in [0.1, 0.15) is 0 Å². The predicted molar refractivity (Wildman–Crippen MR) is 126 cm³/mol. The molecule has 0 amide bonds. The number of rotatable bonds is 2. The Morgan fingerprint density at radius 2 is 1.27 bits per heavy atom. The number of fused-ring (bicyclic) bond motifs is 3. The molecule has 0 saturated heterocycles. The molecule has 4 aromatic carbocycles. The molecule has 0 spiro atoms. The van der Waals surface area contributed by atoms with Crippen molar-refractivity contribution in [1.29, 1.82) is 0 Å². The first-order chi connectivity index (χ1) is 14.8. The van der Waals surface area contributed by atoms with Gasteiger partial charge in [0.05, 0.1) is 21.3 Å². The minimum atomic E-state index is 0.0727. The first kappa shape index (κ1) is 17.1. The Hall–Kier alpha value is -3.76. The molecule has 0 radical (unpaired) electrons. The second-order valence-electron chi connectivity index (χ2n) is 7.23. The van der Waals surface area contributed by atoms with Gasteiger partial charge in [0.15, 0.2) is 5.43 Å². The summed E-state index contributed by atoms with van der Waals surface area (Å²) in [6, 6.07) is 32.2. The molecule has 3 nitrogen and oxygen atoms in total. The molecule has 6 rings (SSSR count). The van der Waals surface area contributed by atoms with Gasteiger partial charge in [-0.15, -0.1) is 11.3 Å². The van der Waals surface area contributed by atoms with Crippen LogP contribution in [0.4, 0.5) is 0 Å². The van der Waals surface area contributed by atoms with E-state index in [2.05, 4.69) is 34.9 Å². The van der Waals surface area contributed by atoms with Crippen LogP contribution in [0.5, 0.6) is 0 Å². The summed E-state index contributed by atoms with van der Waals surface area (Å²) in [6.07, 6.45) is 0. The monoisotopic (exact) mass is 404 g/mol. The Morgan fingerprint density at radius 1 is 0.667 bits per heavy atom. The molecule has 2 aromatic heterocycles. The van der Waals surface area contributed by atoms with Crippen LogP contribution in [-0.2, 0) is 0 Å². The van der Waals surface area contributed by atoms with E-state index in [-0.39, 0.29) is 5.43 Å². The predicted octanol–water partition coefficient (Wildman–Crippen LogP) is 6.42. The van der Waals surface area contributed by atoms with E-state index >= 15 is 0 Å². The van der Waals surface area contributed by atoms with Crippen molar-refractivity contribution in [2.45, 2.75) is 0 Å². The molecular formula is C26H16N2OS. The maximum Gasteiger partial charge on any atom is 0.197 e. The van der Waals surface area contributed by atoms with Crippen LogP contribution in [0.25, 0.3) is 48.3 Å². The third-order valence-electron chi connectivity index (χ3n) is 5.45. The van der Waals surface area contributed by atoms with Gasteiger partial charge in [0.25, 0.3) is 0 Å². The molecule has 0 aliphatic heterocycles. The second-order valence-corrected chi connectivity index (χ2v) is 8.26. The number of para-hydroxylation sites is 3. The van der Waals surface area contributed by atoms with Gasteiger partial charge in [-0.05, 0) is 60.7 Å². The van der Waals surface area contributed by atoms with Crippen LogP contribution in [0.2, 0.25) is 0 Å². The van der Waals surface area contributed by atoms with Crippen LogP contribution < -0.4 is 5.43 Å². The fourth-order valence-electron chi connectivity index (χ4n) is 4.02. The van der Waals surface area contributed by atoms with Gasteiger partial charge in [-0.3, -0.25) is 4.79 Å².